The number of fused-ring (bicyclic) bond motifs is 1. The third kappa shape index (κ3) is 4.70. The number of aromatic nitrogens is 6. The summed E-state index contributed by atoms with van der Waals surface area (Å²) in [7, 11) is 2.06. The summed E-state index contributed by atoms with van der Waals surface area (Å²) in [6, 6.07) is 7.71. The molecule has 0 atom stereocenters. The van der Waals surface area contributed by atoms with E-state index in [-0.39, 0.29) is 40.9 Å². The van der Waals surface area contributed by atoms with Gasteiger partial charge in [0, 0.05) is 44.1 Å². The molecule has 3 aromatic heterocycles. The van der Waals surface area contributed by atoms with Crippen molar-refractivity contribution in [1.82, 2.24) is 34.0 Å². The smallest absolute Gasteiger partial charge is 0.278 e. The van der Waals surface area contributed by atoms with Crippen molar-refractivity contribution in [3.05, 3.63) is 75.7 Å². The third-order valence-corrected chi connectivity index (χ3v) is 6.54. The van der Waals surface area contributed by atoms with Gasteiger partial charge in [-0.2, -0.15) is 4.98 Å². The van der Waals surface area contributed by atoms with E-state index in [2.05, 4.69) is 38.9 Å². The number of hydrogen-bond acceptors (Lipinski definition) is 8. The van der Waals surface area contributed by atoms with Gasteiger partial charge in [0.25, 0.3) is 11.1 Å². The van der Waals surface area contributed by atoms with Crippen LogP contribution in [0, 0.1) is 5.82 Å². The van der Waals surface area contributed by atoms with E-state index in [1.807, 2.05) is 18.7 Å². The van der Waals surface area contributed by atoms with Crippen molar-refractivity contribution in [1.29, 1.82) is 0 Å². The van der Waals surface area contributed by atoms with Crippen LogP contribution in [0.1, 0.15) is 19.9 Å². The fraction of sp³-hybridized carbons (Fsp3) is 0.346. The quantitative estimate of drug-likeness (QED) is 0.372. The second kappa shape index (κ2) is 10.2. The van der Waals surface area contributed by atoms with Gasteiger partial charge in [-0.15, -0.1) is 11.7 Å². The number of likely N-dealkylation sites (N-methyl/N-ethyl adjacent to an activating group) is 1. The van der Waals surface area contributed by atoms with Gasteiger partial charge < -0.3 is 15.1 Å². The summed E-state index contributed by atoms with van der Waals surface area (Å²) in [5, 5.41) is 7.79. The van der Waals surface area contributed by atoms with Gasteiger partial charge in [-0.05, 0) is 45.2 Å². The highest BCUT2D eigenvalue weighted by molar-refractivity contribution is 5.77. The van der Waals surface area contributed by atoms with Crippen LogP contribution in [-0.2, 0) is 6.54 Å². The summed E-state index contributed by atoms with van der Waals surface area (Å²) in [5.41, 5.74) is 0.757. The summed E-state index contributed by atoms with van der Waals surface area (Å²) in [6.45, 7) is 10.9. The third-order valence-electron chi connectivity index (χ3n) is 6.54. The Bertz CT molecular complexity index is 1610. The van der Waals surface area contributed by atoms with Crippen LogP contribution in [0.5, 0.6) is 0 Å². The highest BCUT2D eigenvalue weighted by Gasteiger charge is 2.20. The molecule has 0 spiro atoms. The Morgan fingerprint density at radius 1 is 1.13 bits per heavy atom. The number of nitrogens with zero attached hydrogens (tertiary/aromatic N) is 8. The van der Waals surface area contributed by atoms with Gasteiger partial charge in [-0.3, -0.25) is 9.59 Å². The Labute approximate surface area is 218 Å². The fourth-order valence-corrected chi connectivity index (χ4v) is 4.52. The van der Waals surface area contributed by atoms with E-state index in [0.717, 1.165) is 26.2 Å². The van der Waals surface area contributed by atoms with Crippen LogP contribution < -0.4 is 21.3 Å². The van der Waals surface area contributed by atoms with Crippen molar-refractivity contribution >= 4 is 28.4 Å². The van der Waals surface area contributed by atoms with Crippen molar-refractivity contribution < 1.29 is 4.39 Å². The molecule has 0 saturated carbocycles. The Kier molecular flexibility index (Phi) is 6.81. The molecule has 1 saturated heterocycles. The molecule has 0 aliphatic carbocycles. The number of hydrogen-bond donors (Lipinski definition) is 1. The van der Waals surface area contributed by atoms with Crippen molar-refractivity contribution in [3.8, 4) is 5.82 Å². The molecule has 1 aromatic carbocycles. The van der Waals surface area contributed by atoms with E-state index in [9.17, 15) is 9.59 Å². The van der Waals surface area contributed by atoms with Crippen molar-refractivity contribution in [3.63, 3.8) is 0 Å². The maximum Gasteiger partial charge on any atom is 0.278 e. The van der Waals surface area contributed by atoms with Crippen LogP contribution in [0.4, 0.5) is 21.7 Å². The molecule has 5 rings (SSSR count). The molecule has 0 unspecified atom stereocenters. The van der Waals surface area contributed by atoms with Gasteiger partial charge in [-0.1, -0.05) is 6.08 Å². The van der Waals surface area contributed by atoms with E-state index in [1.165, 1.54) is 27.7 Å². The summed E-state index contributed by atoms with van der Waals surface area (Å²) in [5.74, 6) is 0.195. The van der Waals surface area contributed by atoms with Gasteiger partial charge in [0.1, 0.15) is 11.2 Å². The molecule has 1 aliphatic rings. The largest absolute Gasteiger partial charge is 0.367 e. The predicted molar refractivity (Wildman–Crippen MR) is 145 cm³/mol. The number of rotatable bonds is 7. The van der Waals surface area contributed by atoms with Gasteiger partial charge in [0.2, 0.25) is 5.95 Å². The summed E-state index contributed by atoms with van der Waals surface area (Å²) < 4.78 is 19.3. The van der Waals surface area contributed by atoms with Crippen LogP contribution in [0.2, 0.25) is 0 Å². The van der Waals surface area contributed by atoms with Gasteiger partial charge in [0.15, 0.2) is 11.5 Å². The normalized spacial score (nSPS) is 14.4. The lowest BCUT2D eigenvalue weighted by atomic mass is 10.2. The number of benzene rings is 1. The maximum absolute atomic E-state index is 15.0. The van der Waals surface area contributed by atoms with E-state index < -0.39 is 0 Å². The molecular formula is C26H30FN9O2. The number of anilines is 3. The molecule has 198 valence electrons. The van der Waals surface area contributed by atoms with E-state index in [1.54, 1.807) is 29.0 Å². The van der Waals surface area contributed by atoms with Crippen molar-refractivity contribution in [2.24, 2.45) is 0 Å². The molecule has 0 bridgehead atoms. The van der Waals surface area contributed by atoms with E-state index in [0.29, 0.717) is 22.8 Å². The van der Waals surface area contributed by atoms with E-state index >= 15 is 4.39 Å². The first-order valence-electron chi connectivity index (χ1n) is 12.5. The van der Waals surface area contributed by atoms with Crippen molar-refractivity contribution in [2.45, 2.75) is 26.4 Å². The zero-order valence-corrected chi connectivity index (χ0v) is 21.6. The molecule has 1 fully saturated rings. The fourth-order valence-electron chi connectivity index (χ4n) is 4.52. The summed E-state index contributed by atoms with van der Waals surface area (Å²) >= 11 is 0. The van der Waals surface area contributed by atoms with Gasteiger partial charge >= 0.3 is 0 Å². The monoisotopic (exact) mass is 519 g/mol. The molecule has 1 aliphatic heterocycles. The predicted octanol–water partition coefficient (Wildman–Crippen LogP) is 2.54. The Morgan fingerprint density at radius 3 is 2.58 bits per heavy atom. The standard InChI is InChI=1S/C26H30FN9O2/c1-5-10-34-25(38)19-16-28-26(30-24(19)36(34)22-8-9-23(37)35(31-22)17(2)3)29-18-6-7-21(20(27)15-18)33-13-11-32(4)12-14-33/h5-9,15-17H,1,10-14H2,2-4H3,(H,28,29,30). The molecule has 0 amide bonds. The van der Waals surface area contributed by atoms with Gasteiger partial charge in [0.05, 0.1) is 18.3 Å². The molecule has 0 radical (unpaired) electrons. The molecule has 12 heteroatoms. The molecular weight excluding hydrogens is 489 g/mol. The highest BCUT2D eigenvalue weighted by atomic mass is 19.1. The number of halogens is 1. The Balaban J connectivity index is 1.53. The average Bonchev–Trinajstić information content (AvgIpc) is 3.16. The van der Waals surface area contributed by atoms with Crippen molar-refractivity contribution in [2.75, 3.05) is 43.4 Å². The molecule has 38 heavy (non-hydrogen) atoms. The van der Waals surface area contributed by atoms with Crippen LogP contribution >= 0.6 is 0 Å². The maximum atomic E-state index is 15.0. The Morgan fingerprint density at radius 2 is 1.89 bits per heavy atom. The summed E-state index contributed by atoms with van der Waals surface area (Å²) in [4.78, 5) is 38.6. The van der Waals surface area contributed by atoms with Crippen LogP contribution in [0.3, 0.4) is 0 Å². The minimum Gasteiger partial charge on any atom is -0.367 e. The van der Waals surface area contributed by atoms with Crippen LogP contribution in [0.25, 0.3) is 16.9 Å². The first-order chi connectivity index (χ1) is 18.3. The molecule has 4 heterocycles. The van der Waals surface area contributed by atoms with Crippen LogP contribution in [0.15, 0.2) is 58.8 Å². The zero-order chi connectivity index (χ0) is 27.0. The van der Waals surface area contributed by atoms with E-state index in [4.69, 9.17) is 0 Å². The van der Waals surface area contributed by atoms with Gasteiger partial charge in [-0.25, -0.2) is 23.4 Å². The Hall–Kier alpha value is -4.32. The molecule has 11 nitrogen and oxygen atoms in total. The second-order valence-corrected chi connectivity index (χ2v) is 9.57. The lowest BCUT2D eigenvalue weighted by Crippen LogP contribution is -2.44. The SMILES string of the molecule is C=CCn1c(=O)c2cnc(Nc3ccc(N4CCN(C)CC4)c(F)c3)nc2n1-c1ccc(=O)n(C(C)C)n1. The lowest BCUT2D eigenvalue weighted by Gasteiger charge is -2.34. The topological polar surface area (TPSA) is 106 Å². The zero-order valence-electron chi connectivity index (χ0n) is 21.6. The first-order valence-corrected chi connectivity index (χ1v) is 12.5. The second-order valence-electron chi connectivity index (χ2n) is 9.57. The first kappa shape index (κ1) is 25.3. The number of allylic oxidation sites excluding steroid dienone is 1. The average molecular weight is 520 g/mol. The number of nitrogens with one attached hydrogen (secondary N) is 1. The minimum atomic E-state index is -0.338. The molecule has 1 N–H and O–H groups in total. The van der Waals surface area contributed by atoms with Crippen LogP contribution in [-0.4, -0.2) is 67.2 Å². The minimum absolute atomic E-state index is 0.181. The number of piperazine rings is 1. The highest BCUT2D eigenvalue weighted by Crippen LogP contribution is 2.25. The lowest BCUT2D eigenvalue weighted by molar-refractivity contribution is 0.311. The molecule has 4 aromatic rings. The summed E-state index contributed by atoms with van der Waals surface area (Å²) in [6.07, 6.45) is 3.02.